The van der Waals surface area contributed by atoms with Gasteiger partial charge in [-0.1, -0.05) is 12.1 Å². The molecule has 31 heavy (non-hydrogen) atoms. The van der Waals surface area contributed by atoms with Crippen LogP contribution in [0.5, 0.6) is 5.75 Å². The number of fused-ring (bicyclic) bond motifs is 3. The molecule has 0 bridgehead atoms. The Morgan fingerprint density at radius 1 is 1.19 bits per heavy atom. The fourth-order valence-electron chi connectivity index (χ4n) is 5.56. The number of aliphatic hydroxyl groups excluding tert-OH is 1. The molecule has 0 saturated carbocycles. The van der Waals surface area contributed by atoms with Crippen LogP contribution in [0.25, 0.3) is 11.1 Å². The molecule has 2 saturated heterocycles. The summed E-state index contributed by atoms with van der Waals surface area (Å²) in [6, 6.07) is 10.9. The number of hydrogen-bond acceptors (Lipinski definition) is 5. The standard InChI is InChI=1S/C24H29N3O4/c1-31-16-7-5-6-15(12-16)17-8-9-20-21-18(13-27(20)23(17)29)19(14-28)22(25-21)24(30)26-10-3-2-4-11-26/h5-9,12,18-19,21-22,25,28H,2-4,10-11,13-14H2,1H3/t18-,19-,21+,22-/m0/s1. The Balaban J connectivity index is 1.44. The Kier molecular flexibility index (Phi) is 5.32. The third-order valence-electron chi connectivity index (χ3n) is 7.21. The molecule has 1 amide bonds. The van der Waals surface area contributed by atoms with Gasteiger partial charge in [-0.05, 0) is 49.1 Å². The number of nitrogens with zero attached hydrogens (tertiary/aromatic N) is 2. The molecule has 4 atom stereocenters. The number of piperidine rings is 1. The van der Waals surface area contributed by atoms with Gasteiger partial charge in [0.05, 0.1) is 19.2 Å². The summed E-state index contributed by atoms with van der Waals surface area (Å²) in [5.41, 5.74) is 2.30. The van der Waals surface area contributed by atoms with Crippen LogP contribution in [0.1, 0.15) is 31.0 Å². The van der Waals surface area contributed by atoms with Crippen LogP contribution in [0.2, 0.25) is 0 Å². The maximum Gasteiger partial charge on any atom is 0.258 e. The number of carbonyl (C=O) groups is 1. The number of rotatable bonds is 4. The zero-order valence-electron chi connectivity index (χ0n) is 17.8. The van der Waals surface area contributed by atoms with Gasteiger partial charge in [-0.15, -0.1) is 0 Å². The average Bonchev–Trinajstić information content (AvgIpc) is 3.36. The Hall–Kier alpha value is -2.64. The number of likely N-dealkylation sites (tertiary alicyclic amines) is 1. The molecular formula is C24H29N3O4. The van der Waals surface area contributed by atoms with Crippen molar-refractivity contribution >= 4 is 5.91 Å². The number of hydrogen-bond donors (Lipinski definition) is 2. The van der Waals surface area contributed by atoms with Gasteiger partial charge in [0.25, 0.3) is 5.56 Å². The van der Waals surface area contributed by atoms with Gasteiger partial charge >= 0.3 is 0 Å². The number of amides is 1. The van der Waals surface area contributed by atoms with E-state index in [4.69, 9.17) is 4.74 Å². The van der Waals surface area contributed by atoms with Crippen molar-refractivity contribution in [2.24, 2.45) is 11.8 Å². The lowest BCUT2D eigenvalue weighted by atomic mass is 9.88. The van der Waals surface area contributed by atoms with E-state index in [1.54, 1.807) is 11.7 Å². The number of methoxy groups -OCH3 is 1. The van der Waals surface area contributed by atoms with Gasteiger partial charge in [0, 0.05) is 49.3 Å². The number of carbonyl (C=O) groups excluding carboxylic acids is 1. The van der Waals surface area contributed by atoms with Gasteiger partial charge in [-0.25, -0.2) is 0 Å². The fourth-order valence-corrected chi connectivity index (χ4v) is 5.56. The van der Waals surface area contributed by atoms with Crippen LogP contribution >= 0.6 is 0 Å². The lowest BCUT2D eigenvalue weighted by Gasteiger charge is -2.31. The van der Waals surface area contributed by atoms with Gasteiger partial charge in [0.15, 0.2) is 0 Å². The highest BCUT2D eigenvalue weighted by atomic mass is 16.5. The van der Waals surface area contributed by atoms with E-state index in [1.165, 1.54) is 6.42 Å². The number of aliphatic hydroxyl groups is 1. The second-order valence-electron chi connectivity index (χ2n) is 8.84. The monoisotopic (exact) mass is 423 g/mol. The van der Waals surface area contributed by atoms with Crippen LogP contribution in [0.3, 0.4) is 0 Å². The predicted octanol–water partition coefficient (Wildman–Crippen LogP) is 1.79. The van der Waals surface area contributed by atoms with E-state index >= 15 is 0 Å². The van der Waals surface area contributed by atoms with Crippen molar-refractivity contribution in [3.63, 3.8) is 0 Å². The molecule has 1 aromatic carbocycles. The quantitative estimate of drug-likeness (QED) is 0.783. The normalized spacial score (nSPS) is 27.1. The predicted molar refractivity (Wildman–Crippen MR) is 117 cm³/mol. The lowest BCUT2D eigenvalue weighted by molar-refractivity contribution is -0.135. The number of nitrogens with one attached hydrogen (secondary N) is 1. The van der Waals surface area contributed by atoms with E-state index in [1.807, 2.05) is 41.3 Å². The molecule has 0 spiro atoms. The first-order valence-electron chi connectivity index (χ1n) is 11.2. The van der Waals surface area contributed by atoms with Gasteiger partial charge in [-0.2, -0.15) is 0 Å². The van der Waals surface area contributed by atoms with E-state index in [0.717, 1.165) is 37.2 Å². The third kappa shape index (κ3) is 3.36. The summed E-state index contributed by atoms with van der Waals surface area (Å²) in [4.78, 5) is 28.4. The summed E-state index contributed by atoms with van der Waals surface area (Å²) in [7, 11) is 1.61. The molecule has 7 nitrogen and oxygen atoms in total. The van der Waals surface area contributed by atoms with E-state index in [2.05, 4.69) is 5.32 Å². The van der Waals surface area contributed by atoms with Crippen LogP contribution in [-0.4, -0.2) is 53.3 Å². The average molecular weight is 424 g/mol. The minimum absolute atomic E-state index is 0.0250. The van der Waals surface area contributed by atoms with E-state index in [-0.39, 0.29) is 42.0 Å². The molecule has 2 fully saturated rings. The largest absolute Gasteiger partial charge is 0.497 e. The second-order valence-corrected chi connectivity index (χ2v) is 8.84. The summed E-state index contributed by atoms with van der Waals surface area (Å²) in [6.07, 6.45) is 3.25. The van der Waals surface area contributed by atoms with Crippen LogP contribution < -0.4 is 15.6 Å². The van der Waals surface area contributed by atoms with Crippen molar-refractivity contribution in [2.75, 3.05) is 26.8 Å². The van der Waals surface area contributed by atoms with Gasteiger partial charge in [0.2, 0.25) is 5.91 Å². The molecule has 0 aliphatic carbocycles. The Morgan fingerprint density at radius 2 is 2.00 bits per heavy atom. The Labute approximate surface area is 181 Å². The van der Waals surface area contributed by atoms with Crippen molar-refractivity contribution in [3.8, 4) is 16.9 Å². The van der Waals surface area contributed by atoms with E-state index in [0.29, 0.717) is 17.9 Å². The third-order valence-corrected chi connectivity index (χ3v) is 7.21. The highest BCUT2D eigenvalue weighted by Gasteiger charge is 2.51. The van der Waals surface area contributed by atoms with Crippen LogP contribution in [0, 0.1) is 11.8 Å². The fraction of sp³-hybridized carbons (Fsp3) is 0.500. The summed E-state index contributed by atoms with van der Waals surface area (Å²) in [6.45, 7) is 2.04. The molecule has 2 N–H and O–H groups in total. The molecule has 5 rings (SSSR count). The summed E-state index contributed by atoms with van der Waals surface area (Å²) in [5, 5.41) is 13.6. The second kappa shape index (κ2) is 8.13. The highest BCUT2D eigenvalue weighted by Crippen LogP contribution is 2.43. The van der Waals surface area contributed by atoms with Crippen molar-refractivity contribution in [2.45, 2.75) is 37.9 Å². The Bertz CT molecular complexity index is 1040. The van der Waals surface area contributed by atoms with Crippen LogP contribution in [0.4, 0.5) is 0 Å². The maximum absolute atomic E-state index is 13.3. The first kappa shape index (κ1) is 20.3. The molecule has 3 aliphatic rings. The molecule has 1 aromatic heterocycles. The molecular weight excluding hydrogens is 394 g/mol. The van der Waals surface area contributed by atoms with Gasteiger partial charge in [0.1, 0.15) is 5.75 Å². The summed E-state index contributed by atoms with van der Waals surface area (Å²) >= 11 is 0. The van der Waals surface area contributed by atoms with E-state index in [9.17, 15) is 14.7 Å². The first-order valence-corrected chi connectivity index (χ1v) is 11.2. The molecule has 2 aromatic rings. The molecule has 164 valence electrons. The maximum atomic E-state index is 13.3. The van der Waals surface area contributed by atoms with E-state index < -0.39 is 0 Å². The minimum Gasteiger partial charge on any atom is -0.497 e. The highest BCUT2D eigenvalue weighted by molar-refractivity contribution is 5.83. The topological polar surface area (TPSA) is 83.8 Å². The molecule has 0 radical (unpaired) electrons. The zero-order chi connectivity index (χ0) is 21.5. The smallest absolute Gasteiger partial charge is 0.258 e. The van der Waals surface area contributed by atoms with Crippen molar-refractivity contribution in [1.82, 2.24) is 14.8 Å². The lowest BCUT2D eigenvalue weighted by Crippen LogP contribution is -2.49. The molecule has 3 aliphatic heterocycles. The van der Waals surface area contributed by atoms with Gasteiger partial charge in [-0.3, -0.25) is 14.9 Å². The van der Waals surface area contributed by atoms with Crippen molar-refractivity contribution in [1.29, 1.82) is 0 Å². The van der Waals surface area contributed by atoms with Crippen molar-refractivity contribution in [3.05, 3.63) is 52.4 Å². The SMILES string of the molecule is COc1cccc(-c2ccc3n(c2=O)C[C@H]2[C@H](CO)[C@@H](C(=O)N4CCCCC4)N[C@@H]32)c1. The number of aromatic nitrogens is 1. The van der Waals surface area contributed by atoms with Crippen molar-refractivity contribution < 1.29 is 14.6 Å². The molecule has 7 heteroatoms. The zero-order valence-corrected chi connectivity index (χ0v) is 17.8. The first-order chi connectivity index (χ1) is 15.1. The molecule has 4 heterocycles. The Morgan fingerprint density at radius 3 is 2.74 bits per heavy atom. The number of benzene rings is 1. The van der Waals surface area contributed by atoms with Crippen LogP contribution in [0.15, 0.2) is 41.2 Å². The minimum atomic E-state index is -0.389. The number of pyridine rings is 1. The van der Waals surface area contributed by atoms with Crippen LogP contribution in [-0.2, 0) is 11.3 Å². The van der Waals surface area contributed by atoms with Gasteiger partial charge < -0.3 is 19.3 Å². The summed E-state index contributed by atoms with van der Waals surface area (Å²) in [5.74, 6) is 0.631. The summed E-state index contributed by atoms with van der Waals surface area (Å²) < 4.78 is 7.11. The molecule has 0 unspecified atom stereocenters. The number of ether oxygens (including phenoxy) is 1.